The van der Waals surface area contributed by atoms with Crippen LogP contribution >= 0.6 is 11.3 Å². The van der Waals surface area contributed by atoms with Crippen molar-refractivity contribution in [2.45, 2.75) is 20.8 Å². The molecule has 2 heterocycles. The summed E-state index contributed by atoms with van der Waals surface area (Å²) in [7, 11) is 0. The van der Waals surface area contributed by atoms with E-state index in [9.17, 15) is 9.59 Å². The van der Waals surface area contributed by atoms with Crippen LogP contribution in [0.2, 0.25) is 0 Å². The van der Waals surface area contributed by atoms with Crippen LogP contribution in [0.3, 0.4) is 0 Å². The van der Waals surface area contributed by atoms with Gasteiger partial charge in [-0.1, -0.05) is 0 Å². The number of aromatic nitrogens is 1. The Morgan fingerprint density at radius 3 is 2.33 bits per heavy atom. The van der Waals surface area contributed by atoms with Gasteiger partial charge in [0.15, 0.2) is 5.13 Å². The third-order valence-electron chi connectivity index (χ3n) is 2.31. The first-order valence-electron chi connectivity index (χ1n) is 4.51. The number of carbonyl (C=O) groups excluding carboxylic acids is 2. The van der Waals surface area contributed by atoms with Crippen LogP contribution in [0.25, 0.3) is 0 Å². The Balaban J connectivity index is 2.42. The molecule has 0 unspecified atom stereocenters. The van der Waals surface area contributed by atoms with Gasteiger partial charge in [-0.3, -0.25) is 9.59 Å². The van der Waals surface area contributed by atoms with Crippen LogP contribution in [0.1, 0.15) is 17.5 Å². The predicted octanol–water partition coefficient (Wildman–Crippen LogP) is 1.58. The fourth-order valence-corrected chi connectivity index (χ4v) is 2.23. The lowest BCUT2D eigenvalue weighted by Crippen LogP contribution is -2.30. The third kappa shape index (κ3) is 1.48. The van der Waals surface area contributed by atoms with Crippen LogP contribution in [0.5, 0.6) is 0 Å². The lowest BCUT2D eigenvalue weighted by Gasteiger charge is -2.09. The fraction of sp³-hybridized carbons (Fsp3) is 0.300. The summed E-state index contributed by atoms with van der Waals surface area (Å²) < 4.78 is 0. The Hall–Kier alpha value is -1.49. The molecule has 1 aromatic rings. The second-order valence-electron chi connectivity index (χ2n) is 3.44. The Bertz CT molecular complexity index is 468. The summed E-state index contributed by atoms with van der Waals surface area (Å²) in [4.78, 5) is 29.5. The molecule has 2 amide bonds. The highest BCUT2D eigenvalue weighted by molar-refractivity contribution is 7.16. The van der Waals surface area contributed by atoms with Gasteiger partial charge in [0.1, 0.15) is 0 Å². The number of aryl methyl sites for hydroxylation is 2. The first-order chi connectivity index (χ1) is 7.00. The summed E-state index contributed by atoms with van der Waals surface area (Å²) in [5.41, 5.74) is 1.32. The van der Waals surface area contributed by atoms with Gasteiger partial charge in [-0.05, 0) is 20.8 Å². The van der Waals surface area contributed by atoms with Crippen molar-refractivity contribution >= 4 is 28.3 Å². The highest BCUT2D eigenvalue weighted by atomic mass is 32.1. The van der Waals surface area contributed by atoms with Crippen molar-refractivity contribution in [2.24, 2.45) is 0 Å². The van der Waals surface area contributed by atoms with Crippen LogP contribution in [0.4, 0.5) is 5.13 Å². The van der Waals surface area contributed by atoms with Crippen molar-refractivity contribution < 1.29 is 9.59 Å². The minimum atomic E-state index is -0.300. The summed E-state index contributed by atoms with van der Waals surface area (Å²) in [6, 6.07) is 0. The largest absolute Gasteiger partial charge is 0.269 e. The molecule has 78 valence electrons. The number of anilines is 1. The molecule has 0 fully saturated rings. The van der Waals surface area contributed by atoms with E-state index in [1.807, 2.05) is 13.8 Å². The smallest absolute Gasteiger partial charge is 0.263 e. The standard InChI is InChI=1S/C10H10N2O2S/c1-5-4-8(13)12(9(5)14)10-11-6(2)7(3)15-10/h4H,1-3H3. The molecule has 15 heavy (non-hydrogen) atoms. The number of rotatable bonds is 1. The van der Waals surface area contributed by atoms with E-state index >= 15 is 0 Å². The molecule has 0 radical (unpaired) electrons. The van der Waals surface area contributed by atoms with Crippen LogP contribution in [0.15, 0.2) is 11.6 Å². The highest BCUT2D eigenvalue weighted by Gasteiger charge is 2.32. The Morgan fingerprint density at radius 1 is 1.27 bits per heavy atom. The number of thiazole rings is 1. The van der Waals surface area contributed by atoms with Gasteiger partial charge >= 0.3 is 0 Å². The molecule has 0 saturated heterocycles. The third-order valence-corrected chi connectivity index (χ3v) is 3.37. The molecule has 1 aromatic heterocycles. The molecule has 0 N–H and O–H groups in total. The van der Waals surface area contributed by atoms with E-state index in [0.717, 1.165) is 15.5 Å². The van der Waals surface area contributed by atoms with E-state index in [1.54, 1.807) is 6.92 Å². The topological polar surface area (TPSA) is 50.3 Å². The zero-order valence-corrected chi connectivity index (χ0v) is 9.51. The van der Waals surface area contributed by atoms with E-state index in [0.29, 0.717) is 10.7 Å². The fourth-order valence-electron chi connectivity index (χ4n) is 1.32. The van der Waals surface area contributed by atoms with Crippen molar-refractivity contribution in [1.82, 2.24) is 4.98 Å². The number of nitrogens with zero attached hydrogens (tertiary/aromatic N) is 2. The molecule has 0 saturated carbocycles. The lowest BCUT2D eigenvalue weighted by molar-refractivity contribution is -0.120. The van der Waals surface area contributed by atoms with E-state index in [2.05, 4.69) is 4.98 Å². The van der Waals surface area contributed by atoms with Gasteiger partial charge in [0, 0.05) is 16.5 Å². The van der Waals surface area contributed by atoms with Crippen molar-refractivity contribution in [2.75, 3.05) is 4.90 Å². The van der Waals surface area contributed by atoms with E-state index in [1.165, 1.54) is 17.4 Å². The lowest BCUT2D eigenvalue weighted by atomic mass is 10.3. The van der Waals surface area contributed by atoms with Gasteiger partial charge in [-0.15, -0.1) is 11.3 Å². The molecule has 0 spiro atoms. The van der Waals surface area contributed by atoms with Gasteiger partial charge in [0.25, 0.3) is 11.8 Å². The molecule has 0 atom stereocenters. The minimum Gasteiger partial charge on any atom is -0.269 e. The maximum atomic E-state index is 11.6. The van der Waals surface area contributed by atoms with Crippen molar-refractivity contribution in [3.05, 3.63) is 22.2 Å². The van der Waals surface area contributed by atoms with Crippen LogP contribution < -0.4 is 4.90 Å². The molecule has 1 aliphatic rings. The van der Waals surface area contributed by atoms with Gasteiger partial charge < -0.3 is 0 Å². The first kappa shape index (κ1) is 10.0. The SMILES string of the molecule is CC1=CC(=O)N(c2nc(C)c(C)s2)C1=O. The maximum Gasteiger partial charge on any atom is 0.263 e. The first-order valence-corrected chi connectivity index (χ1v) is 5.33. The van der Waals surface area contributed by atoms with Crippen LogP contribution in [-0.4, -0.2) is 16.8 Å². The normalized spacial score (nSPS) is 16.2. The summed E-state index contributed by atoms with van der Waals surface area (Å²) in [6.07, 6.45) is 1.34. The molecule has 5 heteroatoms. The molecule has 2 rings (SSSR count). The predicted molar refractivity (Wildman–Crippen MR) is 57.8 cm³/mol. The average molecular weight is 222 g/mol. The monoisotopic (exact) mass is 222 g/mol. The second kappa shape index (κ2) is 3.27. The Kier molecular flexibility index (Phi) is 2.19. The number of carbonyl (C=O) groups is 2. The van der Waals surface area contributed by atoms with E-state index in [4.69, 9.17) is 0 Å². The molecule has 0 bridgehead atoms. The summed E-state index contributed by atoms with van der Waals surface area (Å²) in [5.74, 6) is -0.569. The zero-order valence-electron chi connectivity index (χ0n) is 8.70. The molecular formula is C10H10N2O2S. The number of hydrogen-bond donors (Lipinski definition) is 0. The van der Waals surface area contributed by atoms with Gasteiger partial charge in [0.2, 0.25) is 0 Å². The van der Waals surface area contributed by atoms with E-state index < -0.39 is 0 Å². The van der Waals surface area contributed by atoms with Gasteiger partial charge in [-0.2, -0.15) is 0 Å². The number of imide groups is 1. The minimum absolute atomic E-state index is 0.270. The molecule has 1 aliphatic heterocycles. The highest BCUT2D eigenvalue weighted by Crippen LogP contribution is 2.28. The van der Waals surface area contributed by atoms with Crippen LogP contribution in [-0.2, 0) is 9.59 Å². The Labute approximate surface area is 91.2 Å². The second-order valence-corrected chi connectivity index (χ2v) is 4.63. The maximum absolute atomic E-state index is 11.6. The molecule has 4 nitrogen and oxygen atoms in total. The number of hydrogen-bond acceptors (Lipinski definition) is 4. The average Bonchev–Trinajstić information content (AvgIpc) is 2.57. The van der Waals surface area contributed by atoms with Crippen molar-refractivity contribution in [1.29, 1.82) is 0 Å². The van der Waals surface area contributed by atoms with Crippen molar-refractivity contribution in [3.63, 3.8) is 0 Å². The summed E-state index contributed by atoms with van der Waals surface area (Å²) in [5, 5.41) is 0.466. The summed E-state index contributed by atoms with van der Waals surface area (Å²) in [6.45, 7) is 5.41. The molecule has 0 aromatic carbocycles. The van der Waals surface area contributed by atoms with E-state index in [-0.39, 0.29) is 11.8 Å². The number of amides is 2. The molecular weight excluding hydrogens is 212 g/mol. The van der Waals surface area contributed by atoms with Gasteiger partial charge in [0.05, 0.1) is 5.69 Å². The quantitative estimate of drug-likeness (QED) is 0.678. The van der Waals surface area contributed by atoms with Crippen molar-refractivity contribution in [3.8, 4) is 0 Å². The summed E-state index contributed by atoms with van der Waals surface area (Å²) >= 11 is 1.36. The molecule has 0 aliphatic carbocycles. The van der Waals surface area contributed by atoms with Crippen LogP contribution in [0, 0.1) is 13.8 Å². The Morgan fingerprint density at radius 2 is 1.93 bits per heavy atom. The zero-order chi connectivity index (χ0) is 11.2. The van der Waals surface area contributed by atoms with Gasteiger partial charge in [-0.25, -0.2) is 9.88 Å².